The van der Waals surface area contributed by atoms with Gasteiger partial charge in [-0.3, -0.25) is 4.79 Å². The minimum atomic E-state index is -2.16. The molecule has 12 N–H and O–H groups in total. The molecule has 0 amide bonds. The molecule has 0 saturated carbocycles. The monoisotopic (exact) mass is 770 g/mol. The Hall–Kier alpha value is -4.04. The summed E-state index contributed by atoms with van der Waals surface area (Å²) in [5.41, 5.74) is -0.564. The highest BCUT2D eigenvalue weighted by Gasteiger charge is 2.53. The van der Waals surface area contributed by atoms with Crippen LogP contribution in [0, 0.1) is 0 Å². The van der Waals surface area contributed by atoms with Gasteiger partial charge < -0.3 is 94.1 Å². The van der Waals surface area contributed by atoms with Gasteiger partial charge in [0.25, 0.3) is 0 Å². The molecule has 0 unspecified atom stereocenters. The Morgan fingerprint density at radius 1 is 0.704 bits per heavy atom. The van der Waals surface area contributed by atoms with Crippen molar-refractivity contribution in [1.29, 1.82) is 0 Å². The summed E-state index contributed by atoms with van der Waals surface area (Å²) in [5, 5.41) is 125. The molecule has 0 radical (unpaired) electrons. The van der Waals surface area contributed by atoms with Crippen molar-refractivity contribution in [3.63, 3.8) is 0 Å². The van der Waals surface area contributed by atoms with E-state index in [-0.39, 0.29) is 11.3 Å². The number of aliphatic hydroxyl groups is 9. The highest BCUT2D eigenvalue weighted by Crippen LogP contribution is 2.43. The summed E-state index contributed by atoms with van der Waals surface area (Å²) in [6, 6.07) is 10.4. The summed E-state index contributed by atoms with van der Waals surface area (Å²) in [6.07, 6.45) is -29.3. The molecule has 0 aliphatic carbocycles. The molecule has 0 bridgehead atoms. The number of carboxylic acids is 1. The third-order valence-corrected chi connectivity index (χ3v) is 9.25. The van der Waals surface area contributed by atoms with Crippen LogP contribution in [0.1, 0.15) is 0 Å². The Kier molecular flexibility index (Phi) is 11.7. The number of benzene rings is 2. The third-order valence-electron chi connectivity index (χ3n) is 9.25. The van der Waals surface area contributed by atoms with E-state index in [1.54, 1.807) is 30.3 Å². The zero-order valence-corrected chi connectivity index (χ0v) is 27.7. The summed E-state index contributed by atoms with van der Waals surface area (Å²) < 4.78 is 38.7. The first-order valence-corrected chi connectivity index (χ1v) is 16.4. The molecule has 296 valence electrons. The lowest BCUT2D eigenvalue weighted by atomic mass is 9.96. The number of hydrogen-bond acceptors (Lipinski definition) is 20. The number of phenolic OH excluding ortho intramolecular Hbond substituents is 2. The summed E-state index contributed by atoms with van der Waals surface area (Å²) >= 11 is 0. The van der Waals surface area contributed by atoms with Gasteiger partial charge in [0, 0.05) is 17.7 Å². The van der Waals surface area contributed by atoms with E-state index in [9.17, 15) is 70.9 Å². The molecule has 15 atom stereocenters. The van der Waals surface area contributed by atoms with Crippen molar-refractivity contribution in [2.24, 2.45) is 0 Å². The Bertz CT molecular complexity index is 1840. The standard InChI is InChI=1S/C33H38O21/c34-8-15-19(37)22(40)25(43)31(51-15)48-9-16-20(38)28(53-32-26(44)23(41)24(42)29(54-32)30(46)47)27(45)33(52-16)50-14-7-13-17(21(39)18(14)36)11(35)6-12(49-13)10-4-2-1-3-5-10/h1-7,15-16,19-20,22-29,31-34,36-45H,8-9H2,(H,46,47)/t15-,16-,19-,20-,22+,23+,24+,25-,26-,27-,28+,29+,31-,32-,33-/m1/s1. The third kappa shape index (κ3) is 7.47. The SMILES string of the molecule is O=C(O)[C@H]1O[C@@H](O[C@@H]2[C@@H](O)[C@H](Oc3cc4oc(-c5ccccc5)cc(=O)c4c(O)c3O)O[C@H](CO[C@@H]3O[C@H](CO)[C@@H](O)[C@H](O)[C@H]3O)[C@H]2O)[C@H](O)[C@@H](O)[C@@H]1O. The maximum absolute atomic E-state index is 13.0. The molecular weight excluding hydrogens is 732 g/mol. The molecule has 54 heavy (non-hydrogen) atoms. The first kappa shape index (κ1) is 39.6. The minimum Gasteiger partial charge on any atom is -0.504 e. The van der Waals surface area contributed by atoms with Crippen LogP contribution in [0.3, 0.4) is 0 Å². The van der Waals surface area contributed by atoms with Gasteiger partial charge in [-0.15, -0.1) is 0 Å². The number of aromatic hydroxyl groups is 2. The number of carbonyl (C=O) groups is 1. The Balaban J connectivity index is 1.32. The number of carboxylic acid groups (broad SMARTS) is 1. The molecule has 0 spiro atoms. The zero-order valence-electron chi connectivity index (χ0n) is 27.7. The topological polar surface area (TPSA) is 345 Å². The molecule has 3 aliphatic rings. The van der Waals surface area contributed by atoms with Crippen LogP contribution in [-0.4, -0.2) is 173 Å². The van der Waals surface area contributed by atoms with Crippen molar-refractivity contribution in [2.75, 3.05) is 13.2 Å². The van der Waals surface area contributed by atoms with Gasteiger partial charge in [0.2, 0.25) is 12.0 Å². The fraction of sp³-hybridized carbons (Fsp3) is 0.515. The van der Waals surface area contributed by atoms with Gasteiger partial charge in [-0.2, -0.15) is 0 Å². The van der Waals surface area contributed by atoms with Gasteiger partial charge in [-0.05, 0) is 0 Å². The van der Waals surface area contributed by atoms with Crippen LogP contribution in [0.15, 0.2) is 51.7 Å². The van der Waals surface area contributed by atoms with Crippen molar-refractivity contribution in [3.8, 4) is 28.6 Å². The number of hydrogen-bond donors (Lipinski definition) is 12. The lowest BCUT2D eigenvalue weighted by Gasteiger charge is -2.46. The summed E-state index contributed by atoms with van der Waals surface area (Å²) in [4.78, 5) is 24.7. The van der Waals surface area contributed by atoms with E-state index in [0.29, 0.717) is 5.56 Å². The number of aliphatic carboxylic acids is 1. The van der Waals surface area contributed by atoms with Gasteiger partial charge >= 0.3 is 5.97 Å². The molecular formula is C33H38O21. The smallest absolute Gasteiger partial charge is 0.335 e. The number of aliphatic hydroxyl groups excluding tert-OH is 9. The first-order chi connectivity index (χ1) is 25.6. The Morgan fingerprint density at radius 2 is 1.35 bits per heavy atom. The predicted molar refractivity (Wildman–Crippen MR) is 171 cm³/mol. The summed E-state index contributed by atoms with van der Waals surface area (Å²) in [5.74, 6) is -4.36. The van der Waals surface area contributed by atoms with Crippen molar-refractivity contribution in [1.82, 2.24) is 0 Å². The van der Waals surface area contributed by atoms with E-state index >= 15 is 0 Å². The lowest BCUT2D eigenvalue weighted by Crippen LogP contribution is -2.66. The highest BCUT2D eigenvalue weighted by atomic mass is 16.8. The van der Waals surface area contributed by atoms with Crippen LogP contribution in [0.25, 0.3) is 22.3 Å². The summed E-state index contributed by atoms with van der Waals surface area (Å²) in [7, 11) is 0. The van der Waals surface area contributed by atoms with Gasteiger partial charge in [0.1, 0.15) is 83.9 Å². The molecule has 2 aromatic carbocycles. The molecule has 3 fully saturated rings. The lowest BCUT2D eigenvalue weighted by molar-refractivity contribution is -0.355. The molecule has 3 aromatic rings. The average Bonchev–Trinajstić information content (AvgIpc) is 3.15. The second-order valence-electron chi connectivity index (χ2n) is 12.8. The molecule has 21 heteroatoms. The largest absolute Gasteiger partial charge is 0.504 e. The molecule has 1 aromatic heterocycles. The van der Waals surface area contributed by atoms with E-state index in [2.05, 4.69) is 0 Å². The maximum Gasteiger partial charge on any atom is 0.335 e. The van der Waals surface area contributed by atoms with E-state index in [1.165, 1.54) is 0 Å². The minimum absolute atomic E-state index is 0.0677. The van der Waals surface area contributed by atoms with Crippen molar-refractivity contribution in [3.05, 3.63) is 52.7 Å². The summed E-state index contributed by atoms with van der Waals surface area (Å²) in [6.45, 7) is -1.62. The first-order valence-electron chi connectivity index (χ1n) is 16.4. The number of rotatable bonds is 10. The highest BCUT2D eigenvalue weighted by molar-refractivity contribution is 5.89. The quantitative estimate of drug-likeness (QED) is 0.0869. The van der Waals surface area contributed by atoms with Gasteiger partial charge in [0.05, 0.1) is 13.2 Å². The Labute approximate surface area is 302 Å². The normalized spacial score (nSPS) is 37.2. The molecule has 3 aliphatic heterocycles. The van der Waals surface area contributed by atoms with Crippen LogP contribution >= 0.6 is 0 Å². The fourth-order valence-electron chi connectivity index (χ4n) is 6.24. The molecule has 3 saturated heterocycles. The number of phenols is 2. The van der Waals surface area contributed by atoms with Crippen LogP contribution in [0.5, 0.6) is 17.2 Å². The molecule has 6 rings (SSSR count). The molecule has 21 nitrogen and oxygen atoms in total. The van der Waals surface area contributed by atoms with Gasteiger partial charge in [-0.25, -0.2) is 4.79 Å². The second kappa shape index (κ2) is 16.0. The van der Waals surface area contributed by atoms with E-state index < -0.39 is 139 Å². The number of fused-ring (bicyclic) bond motifs is 1. The van der Waals surface area contributed by atoms with Gasteiger partial charge in [-0.1, -0.05) is 30.3 Å². The van der Waals surface area contributed by atoms with E-state index in [4.69, 9.17) is 32.8 Å². The molecule has 4 heterocycles. The maximum atomic E-state index is 13.0. The second-order valence-corrected chi connectivity index (χ2v) is 12.8. The van der Waals surface area contributed by atoms with Crippen LogP contribution in [-0.2, 0) is 28.5 Å². The van der Waals surface area contributed by atoms with Crippen LogP contribution in [0.4, 0.5) is 0 Å². The van der Waals surface area contributed by atoms with Crippen molar-refractivity contribution in [2.45, 2.75) is 92.1 Å². The van der Waals surface area contributed by atoms with E-state index in [1.807, 2.05) is 0 Å². The fourth-order valence-corrected chi connectivity index (χ4v) is 6.24. The predicted octanol–water partition coefficient (Wildman–Crippen LogP) is -4.21. The van der Waals surface area contributed by atoms with Crippen LogP contribution in [0.2, 0.25) is 0 Å². The van der Waals surface area contributed by atoms with E-state index in [0.717, 1.165) is 12.1 Å². The zero-order chi connectivity index (χ0) is 39.2. The van der Waals surface area contributed by atoms with Gasteiger partial charge in [0.15, 0.2) is 35.6 Å². The average molecular weight is 771 g/mol. The van der Waals surface area contributed by atoms with Crippen molar-refractivity contribution < 1.29 is 98.9 Å². The van der Waals surface area contributed by atoms with Crippen LogP contribution < -0.4 is 10.2 Å². The number of ether oxygens (including phenoxy) is 6. The Morgan fingerprint density at radius 3 is 2.02 bits per heavy atom. The van der Waals surface area contributed by atoms with Crippen molar-refractivity contribution >= 4 is 16.9 Å².